The van der Waals surface area contributed by atoms with Gasteiger partial charge in [0.1, 0.15) is 0 Å². The van der Waals surface area contributed by atoms with Gasteiger partial charge >= 0.3 is 5.69 Å². The summed E-state index contributed by atoms with van der Waals surface area (Å²) in [4.78, 5) is 14.1. The molecule has 1 rings (SSSR count). The van der Waals surface area contributed by atoms with Crippen LogP contribution in [0, 0.1) is 22.5 Å². The molecule has 0 amide bonds. The number of anilines is 1. The van der Waals surface area contributed by atoms with E-state index in [1.165, 1.54) is 12.3 Å². The zero-order valence-electron chi connectivity index (χ0n) is 7.90. The smallest absolute Gasteiger partial charge is 0.312 e. The second-order valence-electron chi connectivity index (χ2n) is 2.81. The molecule has 1 atom stereocenters. The van der Waals surface area contributed by atoms with Crippen molar-refractivity contribution >= 4 is 27.4 Å². The first kappa shape index (κ1) is 11.5. The third-order valence-electron chi connectivity index (χ3n) is 1.63. The molecule has 78 valence electrons. The predicted molar refractivity (Wildman–Crippen MR) is 60.5 cm³/mol. The zero-order chi connectivity index (χ0) is 11.4. The Morgan fingerprint density at radius 3 is 3.00 bits per heavy atom. The summed E-state index contributed by atoms with van der Waals surface area (Å²) in [7, 11) is 0. The van der Waals surface area contributed by atoms with Crippen molar-refractivity contribution in [2.45, 2.75) is 13.0 Å². The van der Waals surface area contributed by atoms with Crippen molar-refractivity contribution in [1.82, 2.24) is 4.98 Å². The molecule has 0 aliphatic carbocycles. The van der Waals surface area contributed by atoms with Crippen molar-refractivity contribution in [2.24, 2.45) is 0 Å². The second-order valence-corrected chi connectivity index (χ2v) is 3.73. The van der Waals surface area contributed by atoms with Crippen LogP contribution in [-0.2, 0) is 0 Å². The van der Waals surface area contributed by atoms with Crippen molar-refractivity contribution in [3.63, 3.8) is 0 Å². The summed E-state index contributed by atoms with van der Waals surface area (Å²) in [6, 6.07) is 1.07. The van der Waals surface area contributed by atoms with Gasteiger partial charge in [-0.3, -0.25) is 10.1 Å². The quantitative estimate of drug-likeness (QED) is 0.519. The van der Waals surface area contributed by atoms with Gasteiger partial charge < -0.3 is 5.32 Å². The lowest BCUT2D eigenvalue weighted by molar-refractivity contribution is -0.384. The standard InChI is InChI=1S/C9H8BrN3O2/c1-3-6(2)12-9-8(13(14)15)4-7(10)5-11-9/h1,4-6H,2H3,(H,11,12). The molecule has 1 unspecified atom stereocenters. The Labute approximate surface area is 95.2 Å². The Hall–Kier alpha value is -1.61. The number of hydrogen-bond acceptors (Lipinski definition) is 4. The lowest BCUT2D eigenvalue weighted by atomic mass is 10.3. The molecule has 1 aromatic heterocycles. The van der Waals surface area contributed by atoms with E-state index in [-0.39, 0.29) is 17.5 Å². The number of nitro groups is 1. The molecule has 0 aliphatic rings. The van der Waals surface area contributed by atoms with Crippen LogP contribution in [-0.4, -0.2) is 15.9 Å². The Morgan fingerprint density at radius 2 is 2.47 bits per heavy atom. The van der Waals surface area contributed by atoms with E-state index >= 15 is 0 Å². The number of rotatable bonds is 3. The molecule has 1 aromatic rings. The SMILES string of the molecule is C#CC(C)Nc1ncc(Br)cc1[N+](=O)[O-]. The molecule has 5 nitrogen and oxygen atoms in total. The molecule has 1 heterocycles. The maximum absolute atomic E-state index is 10.7. The molecule has 0 spiro atoms. The van der Waals surface area contributed by atoms with Crippen molar-refractivity contribution < 1.29 is 4.92 Å². The fraction of sp³-hybridized carbons (Fsp3) is 0.222. The van der Waals surface area contributed by atoms with E-state index in [0.29, 0.717) is 4.47 Å². The molecule has 0 aliphatic heterocycles. The summed E-state index contributed by atoms with van der Waals surface area (Å²) in [5.74, 6) is 2.58. The number of nitrogens with zero attached hydrogens (tertiary/aromatic N) is 2. The lowest BCUT2D eigenvalue weighted by Crippen LogP contribution is -2.14. The van der Waals surface area contributed by atoms with E-state index in [2.05, 4.69) is 32.2 Å². The highest BCUT2D eigenvalue weighted by Crippen LogP contribution is 2.25. The highest BCUT2D eigenvalue weighted by atomic mass is 79.9. The van der Waals surface area contributed by atoms with Crippen LogP contribution in [0.5, 0.6) is 0 Å². The largest absolute Gasteiger partial charge is 0.351 e. The Bertz CT molecular complexity index is 428. The number of nitrogens with one attached hydrogen (secondary N) is 1. The zero-order valence-corrected chi connectivity index (χ0v) is 9.48. The monoisotopic (exact) mass is 269 g/mol. The number of halogens is 1. The van der Waals surface area contributed by atoms with Crippen LogP contribution in [0.15, 0.2) is 16.7 Å². The molecule has 0 aromatic carbocycles. The van der Waals surface area contributed by atoms with Crippen LogP contribution in [0.4, 0.5) is 11.5 Å². The highest BCUT2D eigenvalue weighted by molar-refractivity contribution is 9.10. The number of terminal acetylenes is 1. The van der Waals surface area contributed by atoms with Gasteiger partial charge in [-0.05, 0) is 22.9 Å². The molecule has 0 bridgehead atoms. The fourth-order valence-electron chi connectivity index (χ4n) is 0.926. The summed E-state index contributed by atoms with van der Waals surface area (Å²) in [5, 5.41) is 13.5. The normalized spacial score (nSPS) is 11.5. The first-order valence-corrected chi connectivity index (χ1v) is 4.86. The fourth-order valence-corrected chi connectivity index (χ4v) is 1.24. The minimum atomic E-state index is -0.511. The Balaban J connectivity index is 3.07. The molecule has 0 saturated heterocycles. The molecule has 1 N–H and O–H groups in total. The van der Waals surface area contributed by atoms with Gasteiger partial charge in [-0.15, -0.1) is 6.42 Å². The van der Waals surface area contributed by atoms with Crippen LogP contribution in [0.3, 0.4) is 0 Å². The molecule has 15 heavy (non-hydrogen) atoms. The average molecular weight is 270 g/mol. The minimum absolute atomic E-state index is 0.105. The lowest BCUT2D eigenvalue weighted by Gasteiger charge is -2.08. The minimum Gasteiger partial charge on any atom is -0.351 e. The van der Waals surface area contributed by atoms with E-state index in [1.54, 1.807) is 6.92 Å². The van der Waals surface area contributed by atoms with Crippen LogP contribution >= 0.6 is 15.9 Å². The summed E-state index contributed by atoms with van der Waals surface area (Å²) < 4.78 is 0.549. The number of hydrogen-bond donors (Lipinski definition) is 1. The van der Waals surface area contributed by atoms with E-state index in [0.717, 1.165) is 0 Å². The molecule has 0 radical (unpaired) electrons. The van der Waals surface area contributed by atoms with E-state index in [4.69, 9.17) is 6.42 Å². The number of aromatic nitrogens is 1. The Morgan fingerprint density at radius 1 is 1.80 bits per heavy atom. The van der Waals surface area contributed by atoms with E-state index in [1.807, 2.05) is 0 Å². The van der Waals surface area contributed by atoms with Crippen LogP contribution in [0.2, 0.25) is 0 Å². The maximum atomic E-state index is 10.7. The predicted octanol–water partition coefficient (Wildman–Crippen LogP) is 2.19. The van der Waals surface area contributed by atoms with Crippen LogP contribution in [0.1, 0.15) is 6.92 Å². The van der Waals surface area contributed by atoms with E-state index < -0.39 is 4.92 Å². The number of pyridine rings is 1. The summed E-state index contributed by atoms with van der Waals surface area (Å²) in [5.41, 5.74) is -0.105. The third kappa shape index (κ3) is 2.92. The first-order chi connectivity index (χ1) is 7.04. The van der Waals surface area contributed by atoms with Gasteiger partial charge in [0.2, 0.25) is 5.82 Å². The van der Waals surface area contributed by atoms with Gasteiger partial charge in [0.25, 0.3) is 0 Å². The van der Waals surface area contributed by atoms with Gasteiger partial charge in [-0.2, -0.15) is 0 Å². The summed E-state index contributed by atoms with van der Waals surface area (Å²) >= 11 is 3.11. The summed E-state index contributed by atoms with van der Waals surface area (Å²) in [6.07, 6.45) is 6.63. The molecule has 6 heteroatoms. The molecular formula is C9H8BrN3O2. The van der Waals surface area contributed by atoms with Crippen molar-refractivity contribution in [3.8, 4) is 12.3 Å². The van der Waals surface area contributed by atoms with Crippen LogP contribution < -0.4 is 5.32 Å². The van der Waals surface area contributed by atoms with E-state index in [9.17, 15) is 10.1 Å². The second kappa shape index (κ2) is 4.75. The van der Waals surface area contributed by atoms with Gasteiger partial charge in [0, 0.05) is 16.7 Å². The van der Waals surface area contributed by atoms with Crippen molar-refractivity contribution in [3.05, 3.63) is 26.9 Å². The van der Waals surface area contributed by atoms with Gasteiger partial charge in [0.15, 0.2) is 0 Å². The van der Waals surface area contributed by atoms with Crippen molar-refractivity contribution in [2.75, 3.05) is 5.32 Å². The third-order valence-corrected chi connectivity index (χ3v) is 2.07. The summed E-state index contributed by atoms with van der Waals surface area (Å²) in [6.45, 7) is 1.72. The van der Waals surface area contributed by atoms with Crippen molar-refractivity contribution in [1.29, 1.82) is 0 Å². The average Bonchev–Trinajstić information content (AvgIpc) is 2.20. The topological polar surface area (TPSA) is 68.1 Å². The first-order valence-electron chi connectivity index (χ1n) is 4.07. The van der Waals surface area contributed by atoms with Crippen LogP contribution in [0.25, 0.3) is 0 Å². The Kier molecular flexibility index (Phi) is 3.63. The molecule has 0 fully saturated rings. The highest BCUT2D eigenvalue weighted by Gasteiger charge is 2.16. The molecule has 0 saturated carbocycles. The van der Waals surface area contributed by atoms with Gasteiger partial charge in [0.05, 0.1) is 11.0 Å². The maximum Gasteiger partial charge on any atom is 0.312 e. The molecular weight excluding hydrogens is 262 g/mol. The van der Waals surface area contributed by atoms with Gasteiger partial charge in [-0.1, -0.05) is 5.92 Å². The van der Waals surface area contributed by atoms with Gasteiger partial charge in [-0.25, -0.2) is 4.98 Å².